The van der Waals surface area contributed by atoms with E-state index < -0.39 is 20.2 Å². The molecule has 0 bridgehead atoms. The number of anilines is 1. The Balaban J connectivity index is 1.77. The van der Waals surface area contributed by atoms with Gasteiger partial charge in [0.2, 0.25) is 5.91 Å². The Labute approximate surface area is 176 Å². The van der Waals surface area contributed by atoms with E-state index in [9.17, 15) is 23.3 Å². The van der Waals surface area contributed by atoms with Gasteiger partial charge in [-0.2, -0.15) is 0 Å². The van der Waals surface area contributed by atoms with Crippen molar-refractivity contribution < 1.29 is 18.1 Å². The number of carbonyl (C=O) groups excluding carboxylic acids is 1. The van der Waals surface area contributed by atoms with Gasteiger partial charge in [0.05, 0.1) is 15.2 Å². The van der Waals surface area contributed by atoms with Crippen LogP contribution < -0.4 is 4.90 Å². The van der Waals surface area contributed by atoms with Gasteiger partial charge in [0, 0.05) is 38.5 Å². The van der Waals surface area contributed by atoms with Gasteiger partial charge in [-0.1, -0.05) is 30.3 Å². The molecule has 0 saturated carbocycles. The monoisotopic (exact) mass is 431 g/mol. The molecule has 1 fully saturated rings. The maximum Gasteiger partial charge on any atom is 0.293 e. The van der Waals surface area contributed by atoms with Crippen LogP contribution in [0, 0.1) is 10.1 Å². The second-order valence-electron chi connectivity index (χ2n) is 7.95. The molecule has 9 heteroatoms. The number of rotatable bonds is 5. The van der Waals surface area contributed by atoms with E-state index in [1.807, 2.05) is 49.1 Å². The van der Waals surface area contributed by atoms with Crippen LogP contribution in [0.3, 0.4) is 0 Å². The molecular formula is C21H25N3O5S. The van der Waals surface area contributed by atoms with Crippen molar-refractivity contribution >= 4 is 27.1 Å². The number of amides is 1. The van der Waals surface area contributed by atoms with E-state index in [1.54, 1.807) is 4.90 Å². The minimum Gasteiger partial charge on any atom is -0.362 e. The minimum atomic E-state index is -3.54. The summed E-state index contributed by atoms with van der Waals surface area (Å²) in [6.07, 6.45) is 1.02. The van der Waals surface area contributed by atoms with Crippen molar-refractivity contribution in [1.82, 2.24) is 4.90 Å². The Bertz CT molecular complexity index is 1060. The van der Waals surface area contributed by atoms with Crippen molar-refractivity contribution in [2.24, 2.45) is 0 Å². The van der Waals surface area contributed by atoms with Crippen LogP contribution in [0.15, 0.2) is 53.4 Å². The molecule has 3 rings (SSSR count). The fourth-order valence-electron chi connectivity index (χ4n) is 3.67. The third-order valence-corrected chi connectivity index (χ3v) is 6.62. The summed E-state index contributed by atoms with van der Waals surface area (Å²) in [6, 6.07) is 13.5. The zero-order valence-corrected chi connectivity index (χ0v) is 18.1. The molecule has 8 nitrogen and oxygen atoms in total. The lowest BCUT2D eigenvalue weighted by molar-refractivity contribution is -0.384. The molecule has 160 valence electrons. The number of benzene rings is 2. The standard InChI is InChI=1S/C21H25N3O5S/c1-21(2,16-7-5-4-6-8-16)20(25)23-13-11-22(12-14-23)18-10-9-17(30(3,28)29)15-19(18)24(26)27/h4-10,15H,11-14H2,1-3H3. The van der Waals surface area contributed by atoms with Gasteiger partial charge in [0.15, 0.2) is 9.84 Å². The van der Waals surface area contributed by atoms with Crippen LogP contribution in [0.2, 0.25) is 0 Å². The molecule has 0 N–H and O–H groups in total. The van der Waals surface area contributed by atoms with Crippen LogP contribution in [-0.4, -0.2) is 56.6 Å². The van der Waals surface area contributed by atoms with Crippen LogP contribution >= 0.6 is 0 Å². The molecule has 30 heavy (non-hydrogen) atoms. The fraction of sp³-hybridized carbons (Fsp3) is 0.381. The van der Waals surface area contributed by atoms with E-state index in [4.69, 9.17) is 0 Å². The first-order valence-electron chi connectivity index (χ1n) is 9.60. The molecule has 1 aliphatic heterocycles. The molecule has 1 aliphatic rings. The van der Waals surface area contributed by atoms with E-state index in [0.29, 0.717) is 31.9 Å². The van der Waals surface area contributed by atoms with Crippen LogP contribution in [0.1, 0.15) is 19.4 Å². The average molecular weight is 432 g/mol. The molecule has 2 aromatic rings. The highest BCUT2D eigenvalue weighted by atomic mass is 32.2. The molecule has 2 aromatic carbocycles. The highest BCUT2D eigenvalue weighted by Crippen LogP contribution is 2.32. The molecule has 0 radical (unpaired) electrons. The Hall–Kier alpha value is -2.94. The van der Waals surface area contributed by atoms with Gasteiger partial charge in [-0.05, 0) is 31.5 Å². The first-order chi connectivity index (χ1) is 14.0. The van der Waals surface area contributed by atoms with Crippen molar-refractivity contribution in [3.63, 3.8) is 0 Å². The third kappa shape index (κ3) is 4.30. The Kier molecular flexibility index (Phi) is 5.85. The number of nitrogens with zero attached hydrogens (tertiary/aromatic N) is 3. The number of hydrogen-bond acceptors (Lipinski definition) is 6. The SMILES string of the molecule is CC(C)(C(=O)N1CCN(c2ccc(S(C)(=O)=O)cc2[N+](=O)[O-])CC1)c1ccccc1. The first kappa shape index (κ1) is 21.8. The van der Waals surface area contributed by atoms with Gasteiger partial charge in [-0.3, -0.25) is 14.9 Å². The summed E-state index contributed by atoms with van der Waals surface area (Å²) in [5.74, 6) is 0.00951. The lowest BCUT2D eigenvalue weighted by Gasteiger charge is -2.39. The van der Waals surface area contributed by atoms with Crippen molar-refractivity contribution in [2.45, 2.75) is 24.2 Å². The van der Waals surface area contributed by atoms with Crippen molar-refractivity contribution in [3.05, 3.63) is 64.2 Å². The second-order valence-corrected chi connectivity index (χ2v) is 9.97. The molecule has 0 atom stereocenters. The lowest BCUT2D eigenvalue weighted by atomic mass is 9.83. The Morgan fingerprint density at radius 2 is 1.63 bits per heavy atom. The second kappa shape index (κ2) is 8.06. The molecule has 0 aliphatic carbocycles. The number of nitro benzene ring substituents is 1. The zero-order valence-electron chi connectivity index (χ0n) is 17.2. The van der Waals surface area contributed by atoms with Gasteiger partial charge in [-0.25, -0.2) is 8.42 Å². The summed E-state index contributed by atoms with van der Waals surface area (Å²) in [4.78, 5) is 27.6. The predicted octanol–water partition coefficient (Wildman–Crippen LogP) is 2.62. The number of carbonyl (C=O) groups is 1. The van der Waals surface area contributed by atoms with E-state index in [2.05, 4.69) is 0 Å². The lowest BCUT2D eigenvalue weighted by Crippen LogP contribution is -2.53. The number of sulfone groups is 1. The van der Waals surface area contributed by atoms with Crippen molar-refractivity contribution in [2.75, 3.05) is 37.3 Å². The highest BCUT2D eigenvalue weighted by Gasteiger charge is 2.35. The maximum atomic E-state index is 13.1. The van der Waals surface area contributed by atoms with E-state index in [-0.39, 0.29) is 16.5 Å². The quantitative estimate of drug-likeness (QED) is 0.533. The molecule has 0 aromatic heterocycles. The van der Waals surface area contributed by atoms with Crippen LogP contribution in [0.5, 0.6) is 0 Å². The smallest absolute Gasteiger partial charge is 0.293 e. The minimum absolute atomic E-state index is 0.00951. The van der Waals surface area contributed by atoms with Crippen molar-refractivity contribution in [3.8, 4) is 0 Å². The largest absolute Gasteiger partial charge is 0.362 e. The van der Waals surface area contributed by atoms with E-state index in [0.717, 1.165) is 17.9 Å². The summed E-state index contributed by atoms with van der Waals surface area (Å²) in [5.41, 5.74) is 0.376. The van der Waals surface area contributed by atoms with E-state index >= 15 is 0 Å². The van der Waals surface area contributed by atoms with Gasteiger partial charge in [-0.15, -0.1) is 0 Å². The highest BCUT2D eigenvalue weighted by molar-refractivity contribution is 7.90. The number of piperazine rings is 1. The number of nitro groups is 1. The normalized spacial score (nSPS) is 15.2. The Morgan fingerprint density at radius 1 is 1.03 bits per heavy atom. The van der Waals surface area contributed by atoms with Gasteiger partial charge in [0.25, 0.3) is 5.69 Å². The topological polar surface area (TPSA) is 101 Å². The molecule has 0 spiro atoms. The number of hydrogen-bond donors (Lipinski definition) is 0. The third-order valence-electron chi connectivity index (χ3n) is 5.51. The fourth-order valence-corrected chi connectivity index (χ4v) is 4.31. The Morgan fingerprint density at radius 3 is 2.17 bits per heavy atom. The predicted molar refractivity (Wildman–Crippen MR) is 114 cm³/mol. The zero-order chi connectivity index (χ0) is 22.1. The van der Waals surface area contributed by atoms with Gasteiger partial charge in [0.1, 0.15) is 5.69 Å². The first-order valence-corrected chi connectivity index (χ1v) is 11.5. The summed E-state index contributed by atoms with van der Waals surface area (Å²) >= 11 is 0. The van der Waals surface area contributed by atoms with Gasteiger partial charge < -0.3 is 9.80 Å². The van der Waals surface area contributed by atoms with Crippen LogP contribution in [0.25, 0.3) is 0 Å². The van der Waals surface area contributed by atoms with Crippen LogP contribution in [0.4, 0.5) is 11.4 Å². The molecule has 1 saturated heterocycles. The molecule has 0 unspecified atom stereocenters. The van der Waals surface area contributed by atoms with E-state index in [1.165, 1.54) is 12.1 Å². The summed E-state index contributed by atoms with van der Waals surface area (Å²) in [6.45, 7) is 5.50. The molecule has 1 heterocycles. The van der Waals surface area contributed by atoms with Gasteiger partial charge >= 0.3 is 0 Å². The maximum absolute atomic E-state index is 13.1. The van der Waals surface area contributed by atoms with Crippen molar-refractivity contribution in [1.29, 1.82) is 0 Å². The summed E-state index contributed by atoms with van der Waals surface area (Å²) in [5, 5.41) is 11.5. The summed E-state index contributed by atoms with van der Waals surface area (Å²) < 4.78 is 23.5. The van der Waals surface area contributed by atoms with Crippen LogP contribution in [-0.2, 0) is 20.0 Å². The molecular weight excluding hydrogens is 406 g/mol. The summed E-state index contributed by atoms with van der Waals surface area (Å²) in [7, 11) is -3.54. The average Bonchev–Trinajstić information content (AvgIpc) is 2.73. The molecule has 1 amide bonds.